The largest absolute Gasteiger partial charge is 0.494 e. The van der Waals surface area contributed by atoms with Crippen molar-refractivity contribution in [1.29, 1.82) is 0 Å². The molecule has 0 saturated carbocycles. The van der Waals surface area contributed by atoms with Crippen LogP contribution in [-0.2, 0) is 0 Å². The number of aromatic nitrogens is 1. The topological polar surface area (TPSA) is 57.7 Å². The molecule has 1 fully saturated rings. The van der Waals surface area contributed by atoms with Gasteiger partial charge in [0.05, 0.1) is 6.61 Å². The van der Waals surface area contributed by atoms with Crippen molar-refractivity contribution in [1.82, 2.24) is 15.2 Å². The molecule has 2 heterocycles. The van der Waals surface area contributed by atoms with Gasteiger partial charge < -0.3 is 19.9 Å². The van der Waals surface area contributed by atoms with E-state index in [0.717, 1.165) is 31.1 Å². The van der Waals surface area contributed by atoms with Crippen molar-refractivity contribution in [2.24, 2.45) is 0 Å². The smallest absolute Gasteiger partial charge is 0.317 e. The standard InChI is InChI=1S/C19H24N4O2/c24-19(21-11-6-16-25-17-7-2-1-3-8-17)23-14-12-22(13-15-23)18-9-4-5-10-20-18/h1-5,7-10H,6,11-16H2,(H,21,24). The van der Waals surface area contributed by atoms with Crippen molar-refractivity contribution in [3.63, 3.8) is 0 Å². The summed E-state index contributed by atoms with van der Waals surface area (Å²) in [6, 6.07) is 15.6. The molecule has 1 aliphatic heterocycles. The number of hydrogen-bond acceptors (Lipinski definition) is 4. The van der Waals surface area contributed by atoms with Crippen LogP contribution >= 0.6 is 0 Å². The predicted octanol–water partition coefficient (Wildman–Crippen LogP) is 2.38. The Hall–Kier alpha value is -2.76. The molecular formula is C19H24N4O2. The van der Waals surface area contributed by atoms with Crippen LogP contribution in [0.25, 0.3) is 0 Å². The minimum atomic E-state index is 0.000354. The Morgan fingerprint density at radius 1 is 1.04 bits per heavy atom. The number of para-hydroxylation sites is 1. The van der Waals surface area contributed by atoms with Crippen LogP contribution in [-0.4, -0.2) is 55.2 Å². The van der Waals surface area contributed by atoms with E-state index in [4.69, 9.17) is 4.74 Å². The van der Waals surface area contributed by atoms with Crippen LogP contribution in [0.2, 0.25) is 0 Å². The maximum absolute atomic E-state index is 12.2. The van der Waals surface area contributed by atoms with E-state index in [-0.39, 0.29) is 6.03 Å². The van der Waals surface area contributed by atoms with Gasteiger partial charge >= 0.3 is 6.03 Å². The molecule has 2 amide bonds. The number of rotatable bonds is 6. The monoisotopic (exact) mass is 340 g/mol. The van der Waals surface area contributed by atoms with Gasteiger partial charge in [0.25, 0.3) is 0 Å². The number of carbonyl (C=O) groups is 1. The predicted molar refractivity (Wildman–Crippen MR) is 98.0 cm³/mol. The molecule has 1 N–H and O–H groups in total. The fourth-order valence-corrected chi connectivity index (χ4v) is 2.77. The number of nitrogens with zero attached hydrogens (tertiary/aromatic N) is 3. The number of ether oxygens (including phenoxy) is 1. The Labute approximate surface area is 148 Å². The lowest BCUT2D eigenvalue weighted by Crippen LogP contribution is -2.52. The summed E-state index contributed by atoms with van der Waals surface area (Å²) in [5.41, 5.74) is 0. The zero-order chi connectivity index (χ0) is 17.3. The SMILES string of the molecule is O=C(NCCCOc1ccccc1)N1CCN(c2ccccn2)CC1. The number of benzene rings is 1. The summed E-state index contributed by atoms with van der Waals surface area (Å²) in [5.74, 6) is 1.83. The average molecular weight is 340 g/mol. The number of nitrogens with one attached hydrogen (secondary N) is 1. The molecule has 0 bridgehead atoms. The molecular weight excluding hydrogens is 316 g/mol. The second-order valence-electron chi connectivity index (χ2n) is 5.91. The molecule has 1 saturated heterocycles. The second-order valence-corrected chi connectivity index (χ2v) is 5.91. The first kappa shape index (κ1) is 17.1. The molecule has 6 nitrogen and oxygen atoms in total. The Bertz CT molecular complexity index is 643. The minimum absolute atomic E-state index is 0.000354. The normalized spacial score (nSPS) is 14.2. The molecule has 6 heteroatoms. The molecule has 0 atom stereocenters. The first-order valence-electron chi connectivity index (χ1n) is 8.69. The molecule has 1 aromatic heterocycles. The van der Waals surface area contributed by atoms with Gasteiger partial charge in [0, 0.05) is 38.9 Å². The molecule has 1 aromatic carbocycles. The van der Waals surface area contributed by atoms with Crippen LogP contribution in [0.4, 0.5) is 10.6 Å². The van der Waals surface area contributed by atoms with Gasteiger partial charge in [-0.3, -0.25) is 0 Å². The fraction of sp³-hybridized carbons (Fsp3) is 0.368. The van der Waals surface area contributed by atoms with Crippen LogP contribution in [0.15, 0.2) is 54.7 Å². The fourth-order valence-electron chi connectivity index (χ4n) is 2.77. The van der Waals surface area contributed by atoms with Crippen LogP contribution < -0.4 is 15.0 Å². The number of piperazine rings is 1. The number of pyridine rings is 1. The summed E-state index contributed by atoms with van der Waals surface area (Å²) >= 11 is 0. The second kappa shape index (κ2) is 8.92. The third-order valence-corrected chi connectivity index (χ3v) is 4.15. The number of urea groups is 1. The van der Waals surface area contributed by atoms with Crippen LogP contribution in [0.5, 0.6) is 5.75 Å². The van der Waals surface area contributed by atoms with Gasteiger partial charge in [0.1, 0.15) is 11.6 Å². The molecule has 0 unspecified atom stereocenters. The number of amides is 2. The Kier molecular flexibility index (Phi) is 6.09. The average Bonchev–Trinajstić information content (AvgIpc) is 2.69. The van der Waals surface area contributed by atoms with Crippen molar-refractivity contribution in [3.05, 3.63) is 54.7 Å². The van der Waals surface area contributed by atoms with E-state index in [1.54, 1.807) is 6.20 Å². The summed E-state index contributed by atoms with van der Waals surface area (Å²) in [6.45, 7) is 4.25. The van der Waals surface area contributed by atoms with Crippen LogP contribution in [0.3, 0.4) is 0 Å². The number of carbonyl (C=O) groups excluding carboxylic acids is 1. The van der Waals surface area contributed by atoms with Gasteiger partial charge in [0.2, 0.25) is 0 Å². The highest BCUT2D eigenvalue weighted by Gasteiger charge is 2.21. The Balaban J connectivity index is 1.31. The van der Waals surface area contributed by atoms with Crippen LogP contribution in [0.1, 0.15) is 6.42 Å². The molecule has 1 aliphatic rings. The third kappa shape index (κ3) is 5.11. The van der Waals surface area contributed by atoms with E-state index in [0.29, 0.717) is 26.2 Å². The highest BCUT2D eigenvalue weighted by molar-refractivity contribution is 5.74. The summed E-state index contributed by atoms with van der Waals surface area (Å²) in [7, 11) is 0. The van der Waals surface area contributed by atoms with Crippen LogP contribution in [0, 0.1) is 0 Å². The minimum Gasteiger partial charge on any atom is -0.494 e. The molecule has 0 spiro atoms. The first-order valence-corrected chi connectivity index (χ1v) is 8.69. The lowest BCUT2D eigenvalue weighted by Gasteiger charge is -2.35. The summed E-state index contributed by atoms with van der Waals surface area (Å²) in [6.07, 6.45) is 2.58. The Morgan fingerprint density at radius 3 is 2.52 bits per heavy atom. The molecule has 0 radical (unpaired) electrons. The highest BCUT2D eigenvalue weighted by atomic mass is 16.5. The summed E-state index contributed by atoms with van der Waals surface area (Å²) in [5, 5.41) is 2.97. The van der Waals surface area contributed by atoms with Crippen molar-refractivity contribution >= 4 is 11.8 Å². The van der Waals surface area contributed by atoms with Gasteiger partial charge in [-0.2, -0.15) is 0 Å². The maximum Gasteiger partial charge on any atom is 0.317 e. The van der Waals surface area contributed by atoms with Gasteiger partial charge in [-0.25, -0.2) is 9.78 Å². The van der Waals surface area contributed by atoms with Gasteiger partial charge in [-0.1, -0.05) is 24.3 Å². The summed E-state index contributed by atoms with van der Waals surface area (Å²) in [4.78, 5) is 20.6. The van der Waals surface area contributed by atoms with E-state index in [1.165, 1.54) is 0 Å². The van der Waals surface area contributed by atoms with E-state index in [1.807, 2.05) is 53.4 Å². The quantitative estimate of drug-likeness (QED) is 0.821. The maximum atomic E-state index is 12.2. The zero-order valence-electron chi connectivity index (χ0n) is 14.3. The van der Waals surface area contributed by atoms with Crippen molar-refractivity contribution in [2.45, 2.75) is 6.42 Å². The molecule has 2 aromatic rings. The van der Waals surface area contributed by atoms with Gasteiger partial charge in [0.15, 0.2) is 0 Å². The third-order valence-electron chi connectivity index (χ3n) is 4.15. The first-order chi connectivity index (χ1) is 12.3. The number of hydrogen-bond donors (Lipinski definition) is 1. The van der Waals surface area contributed by atoms with E-state index < -0.39 is 0 Å². The molecule has 3 rings (SSSR count). The highest BCUT2D eigenvalue weighted by Crippen LogP contribution is 2.12. The van der Waals surface area contributed by atoms with E-state index in [9.17, 15) is 4.79 Å². The number of anilines is 1. The Morgan fingerprint density at radius 2 is 1.80 bits per heavy atom. The van der Waals surface area contributed by atoms with Crippen molar-refractivity contribution in [2.75, 3.05) is 44.2 Å². The summed E-state index contributed by atoms with van der Waals surface area (Å²) < 4.78 is 5.62. The molecule has 132 valence electrons. The molecule has 0 aliphatic carbocycles. The lowest BCUT2D eigenvalue weighted by molar-refractivity contribution is 0.193. The lowest BCUT2D eigenvalue weighted by atomic mass is 10.3. The molecule has 25 heavy (non-hydrogen) atoms. The van der Waals surface area contributed by atoms with E-state index >= 15 is 0 Å². The van der Waals surface area contributed by atoms with E-state index in [2.05, 4.69) is 15.2 Å². The zero-order valence-corrected chi connectivity index (χ0v) is 14.3. The van der Waals surface area contributed by atoms with Crippen molar-refractivity contribution in [3.8, 4) is 5.75 Å². The van der Waals surface area contributed by atoms with Gasteiger partial charge in [-0.15, -0.1) is 0 Å². The van der Waals surface area contributed by atoms with Gasteiger partial charge in [-0.05, 0) is 30.7 Å². The van der Waals surface area contributed by atoms with Crippen molar-refractivity contribution < 1.29 is 9.53 Å².